The van der Waals surface area contributed by atoms with E-state index in [0.717, 1.165) is 20.5 Å². The molecule has 5 heteroatoms. The number of amides is 1. The third kappa shape index (κ3) is 4.79. The van der Waals surface area contributed by atoms with Gasteiger partial charge in [-0.15, -0.1) is 11.8 Å². The van der Waals surface area contributed by atoms with Gasteiger partial charge in [0.25, 0.3) is 0 Å². The highest BCUT2D eigenvalue weighted by atomic mass is 79.9. The van der Waals surface area contributed by atoms with Crippen LogP contribution in [0.5, 0.6) is 0 Å². The van der Waals surface area contributed by atoms with Gasteiger partial charge in [0, 0.05) is 9.37 Å². The molecule has 0 aliphatic rings. The molecule has 1 amide bonds. The van der Waals surface area contributed by atoms with Crippen molar-refractivity contribution in [2.75, 3.05) is 5.75 Å². The predicted octanol–water partition coefficient (Wildman–Crippen LogP) is 3.43. The maximum atomic E-state index is 11.9. The summed E-state index contributed by atoms with van der Waals surface area (Å²) in [6, 6.07) is 4.15. The minimum atomic E-state index is -0.609. The SMILES string of the molecule is Cc1cc(SCC(=O)NC(C)(C)C(C)O)c(C)cc1Br. The Labute approximate surface area is 133 Å². The summed E-state index contributed by atoms with van der Waals surface area (Å²) >= 11 is 5.02. The summed E-state index contributed by atoms with van der Waals surface area (Å²) in [6.45, 7) is 9.37. The van der Waals surface area contributed by atoms with E-state index < -0.39 is 11.6 Å². The van der Waals surface area contributed by atoms with Gasteiger partial charge < -0.3 is 10.4 Å². The van der Waals surface area contributed by atoms with Gasteiger partial charge >= 0.3 is 0 Å². The van der Waals surface area contributed by atoms with Crippen molar-refractivity contribution >= 4 is 33.6 Å². The van der Waals surface area contributed by atoms with Crippen LogP contribution in [0.15, 0.2) is 21.5 Å². The van der Waals surface area contributed by atoms with E-state index in [1.807, 2.05) is 27.7 Å². The largest absolute Gasteiger partial charge is 0.391 e. The van der Waals surface area contributed by atoms with Crippen LogP contribution < -0.4 is 5.32 Å². The van der Waals surface area contributed by atoms with Crippen molar-refractivity contribution in [2.45, 2.75) is 51.2 Å². The molecule has 0 saturated heterocycles. The Kier molecular flexibility index (Phi) is 6.10. The highest BCUT2D eigenvalue weighted by Crippen LogP contribution is 2.28. The van der Waals surface area contributed by atoms with Crippen LogP contribution in [0.25, 0.3) is 0 Å². The van der Waals surface area contributed by atoms with Gasteiger partial charge in [-0.1, -0.05) is 15.9 Å². The highest BCUT2D eigenvalue weighted by Gasteiger charge is 2.25. The summed E-state index contributed by atoms with van der Waals surface area (Å²) < 4.78 is 1.08. The molecular weight excluding hydrogens is 338 g/mol. The topological polar surface area (TPSA) is 49.3 Å². The highest BCUT2D eigenvalue weighted by molar-refractivity contribution is 9.10. The second-order valence-corrected chi connectivity index (χ2v) is 7.47. The summed E-state index contributed by atoms with van der Waals surface area (Å²) in [5, 5.41) is 12.5. The number of halogens is 1. The van der Waals surface area contributed by atoms with Crippen LogP contribution in [-0.4, -0.2) is 28.4 Å². The second-order valence-electron chi connectivity index (χ2n) is 5.60. The molecule has 0 spiro atoms. The van der Waals surface area contributed by atoms with Crippen LogP contribution in [0.2, 0.25) is 0 Å². The average Bonchev–Trinajstić information content (AvgIpc) is 2.31. The molecule has 0 saturated carbocycles. The Morgan fingerprint density at radius 1 is 1.40 bits per heavy atom. The molecular formula is C15H22BrNO2S. The van der Waals surface area contributed by atoms with Crippen molar-refractivity contribution in [1.82, 2.24) is 5.32 Å². The zero-order chi connectivity index (χ0) is 15.5. The fraction of sp³-hybridized carbons (Fsp3) is 0.533. The van der Waals surface area contributed by atoms with Crippen molar-refractivity contribution in [1.29, 1.82) is 0 Å². The van der Waals surface area contributed by atoms with Gasteiger partial charge in [-0.25, -0.2) is 0 Å². The zero-order valence-electron chi connectivity index (χ0n) is 12.6. The molecule has 0 aromatic heterocycles. The van der Waals surface area contributed by atoms with Crippen LogP contribution in [-0.2, 0) is 4.79 Å². The van der Waals surface area contributed by atoms with Crippen molar-refractivity contribution in [2.24, 2.45) is 0 Å². The molecule has 0 heterocycles. The van der Waals surface area contributed by atoms with Crippen LogP contribution in [0.3, 0.4) is 0 Å². The lowest BCUT2D eigenvalue weighted by Gasteiger charge is -2.29. The quantitative estimate of drug-likeness (QED) is 0.791. The Balaban J connectivity index is 2.64. The van der Waals surface area contributed by atoms with E-state index in [-0.39, 0.29) is 5.91 Å². The Morgan fingerprint density at radius 3 is 2.55 bits per heavy atom. The van der Waals surface area contributed by atoms with Crippen molar-refractivity contribution in [3.63, 3.8) is 0 Å². The Bertz CT molecular complexity index is 501. The number of rotatable bonds is 5. The predicted molar refractivity (Wildman–Crippen MR) is 88.2 cm³/mol. The van der Waals surface area contributed by atoms with E-state index in [9.17, 15) is 9.90 Å². The standard InChI is InChI=1S/C15H22BrNO2S/c1-9-7-13(10(2)6-12(9)16)20-8-14(19)17-15(4,5)11(3)18/h6-7,11,18H,8H2,1-5H3,(H,17,19). The van der Waals surface area contributed by atoms with Crippen molar-refractivity contribution in [3.05, 3.63) is 27.7 Å². The van der Waals surface area contributed by atoms with E-state index in [4.69, 9.17) is 0 Å². The Hall–Kier alpha value is -0.520. The van der Waals surface area contributed by atoms with Crippen molar-refractivity contribution < 1.29 is 9.90 Å². The van der Waals surface area contributed by atoms with Gasteiger partial charge in [0.1, 0.15) is 0 Å². The molecule has 1 rings (SSSR count). The first-order valence-corrected chi connectivity index (χ1v) is 8.30. The number of aliphatic hydroxyl groups excluding tert-OH is 1. The first-order valence-electron chi connectivity index (χ1n) is 6.52. The number of hydrogen-bond acceptors (Lipinski definition) is 3. The summed E-state index contributed by atoms with van der Waals surface area (Å²) in [6.07, 6.45) is -0.590. The molecule has 2 N–H and O–H groups in total. The number of nitrogens with one attached hydrogen (secondary N) is 1. The third-order valence-corrected chi connectivity index (χ3v) is 5.33. The van der Waals surface area contributed by atoms with Crippen molar-refractivity contribution in [3.8, 4) is 0 Å². The minimum Gasteiger partial charge on any atom is -0.391 e. The molecule has 20 heavy (non-hydrogen) atoms. The van der Waals surface area contributed by atoms with Gasteiger partial charge in [0.15, 0.2) is 0 Å². The summed E-state index contributed by atoms with van der Waals surface area (Å²) in [7, 11) is 0. The molecule has 1 aromatic rings. The lowest BCUT2D eigenvalue weighted by Crippen LogP contribution is -2.51. The van der Waals surface area contributed by atoms with Gasteiger partial charge in [-0.3, -0.25) is 4.79 Å². The van der Waals surface area contributed by atoms with Crippen LogP contribution in [0.1, 0.15) is 31.9 Å². The zero-order valence-corrected chi connectivity index (χ0v) is 15.0. The summed E-state index contributed by atoms with van der Waals surface area (Å²) in [5.41, 5.74) is 1.69. The van der Waals surface area contributed by atoms with Gasteiger partial charge in [-0.05, 0) is 57.9 Å². The minimum absolute atomic E-state index is 0.0686. The maximum absolute atomic E-state index is 11.9. The molecule has 112 valence electrons. The average molecular weight is 360 g/mol. The maximum Gasteiger partial charge on any atom is 0.230 e. The van der Waals surface area contributed by atoms with E-state index in [0.29, 0.717) is 5.75 Å². The first kappa shape index (κ1) is 17.5. The van der Waals surface area contributed by atoms with E-state index in [2.05, 4.69) is 33.4 Å². The van der Waals surface area contributed by atoms with E-state index in [1.54, 1.807) is 6.92 Å². The number of carbonyl (C=O) groups is 1. The molecule has 1 aromatic carbocycles. The number of hydrogen-bond donors (Lipinski definition) is 2. The molecule has 3 nitrogen and oxygen atoms in total. The smallest absolute Gasteiger partial charge is 0.230 e. The number of aliphatic hydroxyl groups is 1. The first-order chi connectivity index (χ1) is 9.13. The molecule has 0 aliphatic carbocycles. The van der Waals surface area contributed by atoms with Gasteiger partial charge in [0.05, 0.1) is 17.4 Å². The summed E-state index contributed by atoms with van der Waals surface area (Å²) in [4.78, 5) is 13.1. The van der Waals surface area contributed by atoms with Crippen LogP contribution in [0, 0.1) is 13.8 Å². The number of aryl methyl sites for hydroxylation is 2. The third-order valence-electron chi connectivity index (χ3n) is 3.32. The number of thioether (sulfide) groups is 1. The lowest BCUT2D eigenvalue weighted by atomic mass is 9.99. The van der Waals surface area contributed by atoms with E-state index >= 15 is 0 Å². The molecule has 1 unspecified atom stereocenters. The lowest BCUT2D eigenvalue weighted by molar-refractivity contribution is -0.121. The molecule has 0 aliphatic heterocycles. The normalized spacial score (nSPS) is 13.2. The monoisotopic (exact) mass is 359 g/mol. The molecule has 0 bridgehead atoms. The molecule has 1 atom stereocenters. The summed E-state index contributed by atoms with van der Waals surface area (Å²) in [5.74, 6) is 0.277. The number of carbonyl (C=O) groups excluding carboxylic acids is 1. The van der Waals surface area contributed by atoms with E-state index in [1.165, 1.54) is 11.8 Å². The molecule has 0 fully saturated rings. The molecule has 0 radical (unpaired) electrons. The fourth-order valence-electron chi connectivity index (χ4n) is 1.55. The second kappa shape index (κ2) is 6.96. The number of benzene rings is 1. The fourth-order valence-corrected chi connectivity index (χ4v) is 2.92. The van der Waals surface area contributed by atoms with Crippen LogP contribution in [0.4, 0.5) is 0 Å². The van der Waals surface area contributed by atoms with Gasteiger partial charge in [0.2, 0.25) is 5.91 Å². The van der Waals surface area contributed by atoms with Gasteiger partial charge in [-0.2, -0.15) is 0 Å². The Morgan fingerprint density at radius 2 is 2.00 bits per heavy atom. The van der Waals surface area contributed by atoms with Crippen LogP contribution >= 0.6 is 27.7 Å².